The Morgan fingerprint density at radius 2 is 1.74 bits per heavy atom. The number of hydrogen-bond acceptors (Lipinski definition) is 5. The van der Waals surface area contributed by atoms with Crippen LogP contribution in [-0.2, 0) is 16.2 Å². The zero-order valence-corrected chi connectivity index (χ0v) is 20.1. The van der Waals surface area contributed by atoms with Crippen LogP contribution in [0.2, 0.25) is 0 Å². The summed E-state index contributed by atoms with van der Waals surface area (Å²) in [4.78, 5) is 38.8. The van der Waals surface area contributed by atoms with Crippen molar-refractivity contribution in [1.82, 2.24) is 5.32 Å². The van der Waals surface area contributed by atoms with E-state index in [0.717, 1.165) is 20.5 Å². The number of nitrogens with one attached hydrogen (secondary N) is 1. The first kappa shape index (κ1) is 23.3. The van der Waals surface area contributed by atoms with Crippen molar-refractivity contribution in [1.29, 1.82) is 0 Å². The lowest BCUT2D eigenvalue weighted by Crippen LogP contribution is -2.54. The van der Waals surface area contributed by atoms with Gasteiger partial charge in [0.05, 0.1) is 12.8 Å². The topological polar surface area (TPSA) is 84.9 Å². The van der Waals surface area contributed by atoms with Crippen molar-refractivity contribution in [3.63, 3.8) is 0 Å². The third-order valence-corrected chi connectivity index (χ3v) is 5.69. The minimum Gasteiger partial charge on any atom is -0.493 e. The molecule has 7 nitrogen and oxygen atoms in total. The van der Waals surface area contributed by atoms with Crippen LogP contribution in [0.1, 0.15) is 16.7 Å². The average molecular weight is 521 g/mol. The highest BCUT2D eigenvalue weighted by Gasteiger charge is 2.36. The van der Waals surface area contributed by atoms with Crippen molar-refractivity contribution < 1.29 is 23.9 Å². The number of hydrogen-bond donors (Lipinski definition) is 1. The molecule has 0 unspecified atom stereocenters. The minimum atomic E-state index is -0.799. The van der Waals surface area contributed by atoms with Gasteiger partial charge in [-0.3, -0.25) is 14.9 Å². The van der Waals surface area contributed by atoms with Gasteiger partial charge in [-0.25, -0.2) is 9.69 Å². The number of rotatable bonds is 6. The van der Waals surface area contributed by atoms with Crippen LogP contribution in [0.4, 0.5) is 10.5 Å². The summed E-state index contributed by atoms with van der Waals surface area (Å²) in [7, 11) is 1.51. The summed E-state index contributed by atoms with van der Waals surface area (Å²) >= 11 is 3.32. The third-order valence-electron chi connectivity index (χ3n) is 5.16. The fraction of sp³-hybridized carbons (Fsp3) is 0.115. The van der Waals surface area contributed by atoms with Gasteiger partial charge in [0.1, 0.15) is 12.2 Å². The summed E-state index contributed by atoms with van der Waals surface area (Å²) in [6, 6.07) is 18.9. The zero-order chi connectivity index (χ0) is 24.2. The van der Waals surface area contributed by atoms with Gasteiger partial charge in [0.15, 0.2) is 11.5 Å². The van der Waals surface area contributed by atoms with E-state index in [2.05, 4.69) is 21.2 Å². The maximum Gasteiger partial charge on any atom is 0.335 e. The maximum absolute atomic E-state index is 13.1. The fourth-order valence-corrected chi connectivity index (χ4v) is 3.77. The number of nitrogens with zero attached hydrogens (tertiary/aromatic N) is 1. The number of methoxy groups -OCH3 is 1. The summed E-state index contributed by atoms with van der Waals surface area (Å²) in [6.45, 7) is 2.38. The zero-order valence-electron chi connectivity index (χ0n) is 18.5. The predicted molar refractivity (Wildman–Crippen MR) is 132 cm³/mol. The molecular formula is C26H21BrN2O5. The first-order chi connectivity index (χ1) is 16.4. The molecular weight excluding hydrogens is 500 g/mol. The van der Waals surface area contributed by atoms with Gasteiger partial charge in [0.2, 0.25) is 0 Å². The van der Waals surface area contributed by atoms with Gasteiger partial charge in [0, 0.05) is 4.47 Å². The SMILES string of the molecule is COc1cc(C=C2C(=O)NC(=O)N(c3ccc(Br)cc3)C2=O)ccc1OCc1cccc(C)c1. The molecule has 0 spiro atoms. The lowest BCUT2D eigenvalue weighted by molar-refractivity contribution is -0.122. The Balaban J connectivity index is 1.59. The van der Waals surface area contributed by atoms with Crippen LogP contribution in [0, 0.1) is 6.92 Å². The molecule has 0 radical (unpaired) electrons. The van der Waals surface area contributed by atoms with E-state index in [4.69, 9.17) is 9.47 Å². The number of carbonyl (C=O) groups is 3. The summed E-state index contributed by atoms with van der Waals surface area (Å²) in [6.07, 6.45) is 1.42. The molecule has 1 aliphatic rings. The highest BCUT2D eigenvalue weighted by molar-refractivity contribution is 9.10. The molecule has 172 valence electrons. The van der Waals surface area contributed by atoms with Gasteiger partial charge < -0.3 is 9.47 Å². The molecule has 0 atom stereocenters. The molecule has 0 bridgehead atoms. The Labute approximate surface area is 205 Å². The number of halogens is 1. The van der Waals surface area contributed by atoms with E-state index in [1.54, 1.807) is 42.5 Å². The second kappa shape index (κ2) is 9.93. The van der Waals surface area contributed by atoms with Crippen molar-refractivity contribution in [3.05, 3.63) is 93.5 Å². The maximum atomic E-state index is 13.1. The minimum absolute atomic E-state index is 0.169. The summed E-state index contributed by atoms with van der Waals surface area (Å²) in [5.74, 6) is -0.499. The van der Waals surface area contributed by atoms with Crippen LogP contribution in [0.5, 0.6) is 11.5 Å². The predicted octanol–water partition coefficient (Wildman–Crippen LogP) is 5.01. The van der Waals surface area contributed by atoms with E-state index >= 15 is 0 Å². The normalized spacial score (nSPS) is 14.9. The number of carbonyl (C=O) groups excluding carboxylic acids is 3. The fourth-order valence-electron chi connectivity index (χ4n) is 3.50. The van der Waals surface area contributed by atoms with E-state index in [1.165, 1.54) is 13.2 Å². The number of ether oxygens (including phenoxy) is 2. The lowest BCUT2D eigenvalue weighted by Gasteiger charge is -2.26. The molecule has 0 aliphatic carbocycles. The van der Waals surface area contributed by atoms with Gasteiger partial charge in [-0.2, -0.15) is 0 Å². The smallest absolute Gasteiger partial charge is 0.335 e. The highest BCUT2D eigenvalue weighted by Crippen LogP contribution is 2.31. The van der Waals surface area contributed by atoms with Crippen molar-refractivity contribution in [3.8, 4) is 11.5 Å². The Morgan fingerprint density at radius 1 is 0.971 bits per heavy atom. The summed E-state index contributed by atoms with van der Waals surface area (Å²) in [5.41, 5.74) is 2.89. The molecule has 4 amide bonds. The Kier molecular flexibility index (Phi) is 6.79. The largest absolute Gasteiger partial charge is 0.493 e. The standard InChI is InChI=1S/C26H21BrN2O5/c1-16-4-3-5-18(12-16)15-34-22-11-6-17(14-23(22)33-2)13-21-24(30)28-26(32)29(25(21)31)20-9-7-19(27)8-10-20/h3-14H,15H2,1-2H3,(H,28,30,32). The molecule has 3 aromatic rings. The van der Waals surface area contributed by atoms with Gasteiger partial charge >= 0.3 is 6.03 Å². The van der Waals surface area contributed by atoms with Gasteiger partial charge in [0.25, 0.3) is 11.8 Å². The average Bonchev–Trinajstić information content (AvgIpc) is 2.82. The number of benzene rings is 3. The first-order valence-electron chi connectivity index (χ1n) is 10.4. The second-order valence-electron chi connectivity index (χ2n) is 7.62. The molecule has 34 heavy (non-hydrogen) atoms. The van der Waals surface area contributed by atoms with E-state index in [0.29, 0.717) is 29.4 Å². The number of barbiturate groups is 1. The Hall–Kier alpha value is -3.91. The van der Waals surface area contributed by atoms with Crippen molar-refractivity contribution >= 4 is 45.5 Å². The van der Waals surface area contributed by atoms with Crippen molar-refractivity contribution in [2.75, 3.05) is 12.0 Å². The van der Waals surface area contributed by atoms with Crippen molar-refractivity contribution in [2.24, 2.45) is 0 Å². The molecule has 1 heterocycles. The van der Waals surface area contributed by atoms with Crippen LogP contribution in [0.3, 0.4) is 0 Å². The van der Waals surface area contributed by atoms with Crippen LogP contribution in [0.15, 0.2) is 76.8 Å². The number of imide groups is 2. The van der Waals surface area contributed by atoms with Gasteiger partial charge in [-0.05, 0) is 60.5 Å². The monoisotopic (exact) mass is 520 g/mol. The molecule has 4 rings (SSSR count). The number of anilines is 1. The van der Waals surface area contributed by atoms with Gasteiger partial charge in [-0.1, -0.05) is 51.8 Å². The summed E-state index contributed by atoms with van der Waals surface area (Å²) < 4.78 is 12.2. The van der Waals surface area contributed by atoms with E-state index in [-0.39, 0.29) is 5.57 Å². The Morgan fingerprint density at radius 3 is 2.44 bits per heavy atom. The molecule has 1 N–H and O–H groups in total. The van der Waals surface area contributed by atoms with Crippen LogP contribution in [-0.4, -0.2) is 25.0 Å². The van der Waals surface area contributed by atoms with E-state index < -0.39 is 17.8 Å². The van der Waals surface area contributed by atoms with Crippen LogP contribution >= 0.6 is 15.9 Å². The molecule has 8 heteroatoms. The highest BCUT2D eigenvalue weighted by atomic mass is 79.9. The molecule has 3 aromatic carbocycles. The number of urea groups is 1. The molecule has 0 aromatic heterocycles. The third kappa shape index (κ3) is 5.02. The molecule has 1 aliphatic heterocycles. The number of amides is 4. The van der Waals surface area contributed by atoms with Crippen LogP contribution in [0.25, 0.3) is 6.08 Å². The second-order valence-corrected chi connectivity index (χ2v) is 8.54. The number of aryl methyl sites for hydroxylation is 1. The summed E-state index contributed by atoms with van der Waals surface area (Å²) in [5, 5.41) is 2.22. The lowest BCUT2D eigenvalue weighted by atomic mass is 10.1. The van der Waals surface area contributed by atoms with Gasteiger partial charge in [-0.15, -0.1) is 0 Å². The molecule has 0 saturated carbocycles. The Bertz CT molecular complexity index is 1300. The van der Waals surface area contributed by atoms with Crippen LogP contribution < -0.4 is 19.7 Å². The van der Waals surface area contributed by atoms with Crippen molar-refractivity contribution in [2.45, 2.75) is 13.5 Å². The molecule has 1 fully saturated rings. The van der Waals surface area contributed by atoms with E-state index in [1.807, 2.05) is 31.2 Å². The quantitative estimate of drug-likeness (QED) is 0.364. The molecule has 1 saturated heterocycles. The van der Waals surface area contributed by atoms with E-state index in [9.17, 15) is 14.4 Å². The first-order valence-corrected chi connectivity index (χ1v) is 11.2.